The largest absolute Gasteiger partial charge is 0.492 e. The van der Waals surface area contributed by atoms with Gasteiger partial charge in [0.25, 0.3) is 0 Å². The highest BCUT2D eigenvalue weighted by molar-refractivity contribution is 5.33. The molecule has 6 heteroatoms. The van der Waals surface area contributed by atoms with Crippen LogP contribution in [0.4, 0.5) is 0 Å². The normalized spacial score (nSPS) is 15.3. The molecule has 2 aromatic rings. The Balaban J connectivity index is 1.57. The number of benzene rings is 1. The molecule has 0 spiro atoms. The van der Waals surface area contributed by atoms with Crippen molar-refractivity contribution in [2.75, 3.05) is 26.7 Å². The van der Waals surface area contributed by atoms with E-state index in [9.17, 15) is 0 Å². The van der Waals surface area contributed by atoms with Gasteiger partial charge in [-0.3, -0.25) is 9.58 Å². The van der Waals surface area contributed by atoms with Gasteiger partial charge < -0.3 is 10.1 Å². The quantitative estimate of drug-likeness (QED) is 0.885. The number of rotatable bonds is 5. The standard InChI is InChI=1S/C15H21N5O/c1-16-10-14-12-20(18-17-14)7-6-19-8-9-21-15-5-3-2-4-13(15)11-19/h2-5,12,16H,6-11H2,1H3. The fourth-order valence-electron chi connectivity index (χ4n) is 2.52. The van der Waals surface area contributed by atoms with E-state index in [1.54, 1.807) is 0 Å². The summed E-state index contributed by atoms with van der Waals surface area (Å²) in [6.07, 6.45) is 2.00. The fourth-order valence-corrected chi connectivity index (χ4v) is 2.52. The van der Waals surface area contributed by atoms with Crippen LogP contribution in [-0.2, 0) is 19.6 Å². The molecule has 0 aliphatic carbocycles. The molecule has 3 rings (SSSR count). The molecular weight excluding hydrogens is 266 g/mol. The second-order valence-electron chi connectivity index (χ2n) is 5.24. The van der Waals surface area contributed by atoms with Crippen LogP contribution in [0.3, 0.4) is 0 Å². The molecule has 0 radical (unpaired) electrons. The van der Waals surface area contributed by atoms with Crippen LogP contribution in [0.5, 0.6) is 5.75 Å². The van der Waals surface area contributed by atoms with Crippen LogP contribution in [0.15, 0.2) is 30.5 Å². The second kappa shape index (κ2) is 6.69. The van der Waals surface area contributed by atoms with Crippen LogP contribution in [0, 0.1) is 0 Å². The Labute approximate surface area is 124 Å². The highest BCUT2D eigenvalue weighted by atomic mass is 16.5. The van der Waals surface area contributed by atoms with E-state index in [-0.39, 0.29) is 0 Å². The molecule has 2 heterocycles. The minimum absolute atomic E-state index is 0.735. The van der Waals surface area contributed by atoms with Gasteiger partial charge >= 0.3 is 0 Å². The monoisotopic (exact) mass is 287 g/mol. The zero-order chi connectivity index (χ0) is 14.5. The lowest BCUT2D eigenvalue weighted by Gasteiger charge is -2.18. The van der Waals surface area contributed by atoms with Crippen molar-refractivity contribution in [3.8, 4) is 5.75 Å². The summed E-state index contributed by atoms with van der Waals surface area (Å²) in [7, 11) is 1.91. The zero-order valence-corrected chi connectivity index (χ0v) is 12.3. The van der Waals surface area contributed by atoms with Crippen molar-refractivity contribution in [1.29, 1.82) is 0 Å². The SMILES string of the molecule is CNCc1cn(CCN2CCOc3ccccc3C2)nn1. The van der Waals surface area contributed by atoms with Gasteiger partial charge in [-0.1, -0.05) is 23.4 Å². The summed E-state index contributed by atoms with van der Waals surface area (Å²) in [4.78, 5) is 2.39. The molecule has 0 bridgehead atoms. The summed E-state index contributed by atoms with van der Waals surface area (Å²) >= 11 is 0. The van der Waals surface area contributed by atoms with Crippen LogP contribution in [-0.4, -0.2) is 46.6 Å². The van der Waals surface area contributed by atoms with E-state index in [4.69, 9.17) is 4.74 Å². The lowest BCUT2D eigenvalue weighted by molar-refractivity contribution is 0.217. The highest BCUT2D eigenvalue weighted by Gasteiger charge is 2.14. The van der Waals surface area contributed by atoms with Crippen molar-refractivity contribution in [3.05, 3.63) is 41.7 Å². The lowest BCUT2D eigenvalue weighted by Crippen LogP contribution is -2.29. The molecule has 1 N–H and O–H groups in total. The minimum Gasteiger partial charge on any atom is -0.492 e. The zero-order valence-electron chi connectivity index (χ0n) is 12.3. The number of ether oxygens (including phenoxy) is 1. The number of nitrogens with zero attached hydrogens (tertiary/aromatic N) is 4. The molecule has 0 fully saturated rings. The molecule has 0 saturated heterocycles. The Morgan fingerprint density at radius 3 is 3.10 bits per heavy atom. The number of hydrogen-bond donors (Lipinski definition) is 1. The number of para-hydroxylation sites is 1. The predicted octanol–water partition coefficient (Wildman–Crippen LogP) is 0.892. The number of aromatic nitrogens is 3. The maximum absolute atomic E-state index is 5.78. The fraction of sp³-hybridized carbons (Fsp3) is 0.467. The van der Waals surface area contributed by atoms with Crippen molar-refractivity contribution in [2.24, 2.45) is 0 Å². The van der Waals surface area contributed by atoms with Crippen LogP contribution < -0.4 is 10.1 Å². The Morgan fingerprint density at radius 1 is 1.29 bits per heavy atom. The smallest absolute Gasteiger partial charge is 0.123 e. The average molecular weight is 287 g/mol. The molecule has 112 valence electrons. The lowest BCUT2D eigenvalue weighted by atomic mass is 10.2. The van der Waals surface area contributed by atoms with E-state index in [0.717, 1.165) is 50.8 Å². The molecule has 1 aliphatic heterocycles. The van der Waals surface area contributed by atoms with Gasteiger partial charge in [0.2, 0.25) is 0 Å². The molecule has 6 nitrogen and oxygen atoms in total. The van der Waals surface area contributed by atoms with E-state index in [1.165, 1.54) is 5.56 Å². The van der Waals surface area contributed by atoms with Crippen LogP contribution in [0.25, 0.3) is 0 Å². The van der Waals surface area contributed by atoms with Gasteiger partial charge in [0.15, 0.2) is 0 Å². The Bertz CT molecular complexity index is 583. The van der Waals surface area contributed by atoms with E-state index < -0.39 is 0 Å². The molecule has 1 aliphatic rings. The van der Waals surface area contributed by atoms with Crippen LogP contribution in [0.2, 0.25) is 0 Å². The van der Waals surface area contributed by atoms with E-state index >= 15 is 0 Å². The Kier molecular flexibility index (Phi) is 4.47. The summed E-state index contributed by atoms with van der Waals surface area (Å²) in [5.74, 6) is 1.01. The van der Waals surface area contributed by atoms with Crippen molar-refractivity contribution in [3.63, 3.8) is 0 Å². The summed E-state index contributed by atoms with van der Waals surface area (Å²) in [6, 6.07) is 8.26. The molecule has 0 atom stereocenters. The first-order valence-electron chi connectivity index (χ1n) is 7.32. The van der Waals surface area contributed by atoms with Gasteiger partial charge in [-0.25, -0.2) is 0 Å². The molecule has 1 aromatic carbocycles. The first-order chi connectivity index (χ1) is 10.3. The molecule has 1 aromatic heterocycles. The number of nitrogens with one attached hydrogen (secondary N) is 1. The summed E-state index contributed by atoms with van der Waals surface area (Å²) in [5.41, 5.74) is 2.23. The number of hydrogen-bond acceptors (Lipinski definition) is 5. The first-order valence-corrected chi connectivity index (χ1v) is 7.32. The molecular formula is C15H21N5O. The van der Waals surface area contributed by atoms with Crippen molar-refractivity contribution >= 4 is 0 Å². The van der Waals surface area contributed by atoms with E-state index in [2.05, 4.69) is 32.7 Å². The predicted molar refractivity (Wildman–Crippen MR) is 80.0 cm³/mol. The van der Waals surface area contributed by atoms with Crippen molar-refractivity contribution < 1.29 is 4.74 Å². The summed E-state index contributed by atoms with van der Waals surface area (Å²) < 4.78 is 7.69. The second-order valence-corrected chi connectivity index (χ2v) is 5.24. The third kappa shape index (κ3) is 3.59. The Hall–Kier alpha value is -1.92. The van der Waals surface area contributed by atoms with Crippen molar-refractivity contribution in [2.45, 2.75) is 19.6 Å². The van der Waals surface area contributed by atoms with E-state index in [0.29, 0.717) is 0 Å². The minimum atomic E-state index is 0.735. The molecule has 21 heavy (non-hydrogen) atoms. The van der Waals surface area contributed by atoms with Crippen LogP contribution >= 0.6 is 0 Å². The third-order valence-electron chi connectivity index (χ3n) is 3.62. The van der Waals surface area contributed by atoms with Gasteiger partial charge in [-0.15, -0.1) is 5.10 Å². The molecule has 0 saturated carbocycles. The van der Waals surface area contributed by atoms with Crippen LogP contribution in [0.1, 0.15) is 11.3 Å². The maximum atomic E-state index is 5.78. The van der Waals surface area contributed by atoms with Gasteiger partial charge in [0, 0.05) is 37.9 Å². The van der Waals surface area contributed by atoms with Gasteiger partial charge in [0.1, 0.15) is 12.4 Å². The van der Waals surface area contributed by atoms with Gasteiger partial charge in [-0.2, -0.15) is 0 Å². The summed E-state index contributed by atoms with van der Waals surface area (Å²) in [6.45, 7) is 5.14. The topological polar surface area (TPSA) is 55.2 Å². The van der Waals surface area contributed by atoms with Crippen molar-refractivity contribution in [1.82, 2.24) is 25.2 Å². The summed E-state index contributed by atoms with van der Waals surface area (Å²) in [5, 5.41) is 11.4. The maximum Gasteiger partial charge on any atom is 0.123 e. The highest BCUT2D eigenvalue weighted by Crippen LogP contribution is 2.22. The molecule has 0 amide bonds. The van der Waals surface area contributed by atoms with E-state index in [1.807, 2.05) is 30.1 Å². The Morgan fingerprint density at radius 2 is 2.19 bits per heavy atom. The van der Waals surface area contributed by atoms with Gasteiger partial charge in [-0.05, 0) is 13.1 Å². The molecule has 0 unspecified atom stereocenters. The number of fused-ring (bicyclic) bond motifs is 1. The first kappa shape index (κ1) is 14.0. The average Bonchev–Trinajstić information content (AvgIpc) is 2.83. The third-order valence-corrected chi connectivity index (χ3v) is 3.62. The van der Waals surface area contributed by atoms with Gasteiger partial charge in [0.05, 0.1) is 12.2 Å².